The predicted molar refractivity (Wildman–Crippen MR) is 113 cm³/mol. The third-order valence-electron chi connectivity index (χ3n) is 4.72. The highest BCUT2D eigenvalue weighted by molar-refractivity contribution is 6.39. The van der Waals surface area contributed by atoms with Gasteiger partial charge in [-0.05, 0) is 42.0 Å². The van der Waals surface area contributed by atoms with Gasteiger partial charge in [-0.25, -0.2) is 18.5 Å². The number of amides is 4. The van der Waals surface area contributed by atoms with Gasteiger partial charge < -0.3 is 4.74 Å². The highest BCUT2D eigenvalue weighted by Crippen LogP contribution is 2.25. The van der Waals surface area contributed by atoms with Crippen LogP contribution in [0.15, 0.2) is 78.4 Å². The van der Waals surface area contributed by atoms with E-state index < -0.39 is 29.5 Å². The summed E-state index contributed by atoms with van der Waals surface area (Å²) in [5, 5.41) is 2.04. The molecule has 1 aliphatic heterocycles. The van der Waals surface area contributed by atoms with Gasteiger partial charge in [0.2, 0.25) is 0 Å². The van der Waals surface area contributed by atoms with Gasteiger partial charge in [0.1, 0.15) is 29.6 Å². The molecule has 1 saturated heterocycles. The van der Waals surface area contributed by atoms with Gasteiger partial charge in [0.15, 0.2) is 0 Å². The first-order chi connectivity index (χ1) is 15.4. The maximum absolute atomic E-state index is 14.2. The normalized spacial score (nSPS) is 15.1. The summed E-state index contributed by atoms with van der Waals surface area (Å²) < 4.78 is 33.5. The Hall–Kier alpha value is -4.33. The van der Waals surface area contributed by atoms with E-state index in [9.17, 15) is 23.2 Å². The van der Waals surface area contributed by atoms with E-state index in [1.807, 2.05) is 5.32 Å². The molecule has 1 fully saturated rings. The number of hydrogen-bond acceptors (Lipinski definition) is 4. The molecule has 0 bridgehead atoms. The summed E-state index contributed by atoms with van der Waals surface area (Å²) in [5.74, 6) is -2.65. The Morgan fingerprint density at radius 2 is 1.59 bits per heavy atom. The molecule has 0 aliphatic carbocycles. The van der Waals surface area contributed by atoms with Crippen LogP contribution in [-0.4, -0.2) is 17.8 Å². The third-order valence-corrected chi connectivity index (χ3v) is 4.72. The average molecular weight is 434 g/mol. The van der Waals surface area contributed by atoms with Crippen molar-refractivity contribution in [3.63, 3.8) is 0 Å². The molecule has 3 aromatic carbocycles. The topological polar surface area (TPSA) is 75.7 Å². The highest BCUT2D eigenvalue weighted by atomic mass is 19.1. The van der Waals surface area contributed by atoms with Gasteiger partial charge >= 0.3 is 6.03 Å². The molecular formula is C24H16F2N2O4. The van der Waals surface area contributed by atoms with Crippen molar-refractivity contribution < 1.29 is 27.9 Å². The average Bonchev–Trinajstić information content (AvgIpc) is 2.77. The van der Waals surface area contributed by atoms with Gasteiger partial charge in [-0.1, -0.05) is 42.5 Å². The highest BCUT2D eigenvalue weighted by Gasteiger charge is 2.37. The van der Waals surface area contributed by atoms with Crippen LogP contribution in [0.5, 0.6) is 5.75 Å². The minimum absolute atomic E-state index is 0.0122. The predicted octanol–water partition coefficient (Wildman–Crippen LogP) is 4.21. The van der Waals surface area contributed by atoms with E-state index in [2.05, 4.69) is 0 Å². The van der Waals surface area contributed by atoms with Crippen LogP contribution in [-0.2, 0) is 16.2 Å². The van der Waals surface area contributed by atoms with Crippen LogP contribution >= 0.6 is 0 Å². The number of carbonyl (C=O) groups excluding carboxylic acids is 3. The van der Waals surface area contributed by atoms with Crippen LogP contribution < -0.4 is 15.0 Å². The summed E-state index contributed by atoms with van der Waals surface area (Å²) in [4.78, 5) is 37.9. The molecule has 1 heterocycles. The summed E-state index contributed by atoms with van der Waals surface area (Å²) >= 11 is 0. The fraction of sp³-hybridized carbons (Fsp3) is 0.0417. The molecule has 0 radical (unpaired) electrons. The fourth-order valence-electron chi connectivity index (χ4n) is 3.15. The molecule has 1 aliphatic rings. The molecule has 4 rings (SSSR count). The summed E-state index contributed by atoms with van der Waals surface area (Å²) in [6.45, 7) is -0.0122. The van der Waals surface area contributed by atoms with Crippen LogP contribution in [0, 0.1) is 11.6 Å². The number of halogens is 2. The third kappa shape index (κ3) is 4.24. The molecule has 1 N–H and O–H groups in total. The zero-order chi connectivity index (χ0) is 22.7. The van der Waals surface area contributed by atoms with Gasteiger partial charge in [0, 0.05) is 5.56 Å². The van der Waals surface area contributed by atoms with Crippen molar-refractivity contribution in [3.8, 4) is 5.75 Å². The van der Waals surface area contributed by atoms with Gasteiger partial charge in [-0.15, -0.1) is 0 Å². The van der Waals surface area contributed by atoms with Crippen LogP contribution in [0.2, 0.25) is 0 Å². The number of rotatable bonds is 5. The lowest BCUT2D eigenvalue weighted by Crippen LogP contribution is -2.54. The zero-order valence-corrected chi connectivity index (χ0v) is 16.5. The second kappa shape index (κ2) is 8.81. The number of benzene rings is 3. The molecule has 0 spiro atoms. The Labute approximate surface area is 181 Å². The number of nitrogens with zero attached hydrogens (tertiary/aromatic N) is 1. The first kappa shape index (κ1) is 20.9. The Balaban J connectivity index is 1.60. The first-order valence-electron chi connectivity index (χ1n) is 9.56. The van der Waals surface area contributed by atoms with Gasteiger partial charge in [0.05, 0.1) is 5.69 Å². The van der Waals surface area contributed by atoms with E-state index in [4.69, 9.17) is 4.74 Å². The second-order valence-electron chi connectivity index (χ2n) is 6.86. The van der Waals surface area contributed by atoms with Crippen molar-refractivity contribution in [2.24, 2.45) is 0 Å². The summed E-state index contributed by atoms with van der Waals surface area (Å²) in [6.07, 6.45) is 1.27. The van der Waals surface area contributed by atoms with Crippen molar-refractivity contribution in [3.05, 3.63) is 101 Å². The number of nitrogens with one attached hydrogen (secondary N) is 1. The molecule has 0 unspecified atom stereocenters. The Kier molecular flexibility index (Phi) is 5.76. The van der Waals surface area contributed by atoms with Gasteiger partial charge in [0.25, 0.3) is 11.8 Å². The second-order valence-corrected chi connectivity index (χ2v) is 6.86. The quantitative estimate of drug-likeness (QED) is 0.482. The zero-order valence-electron chi connectivity index (χ0n) is 16.5. The maximum Gasteiger partial charge on any atom is 0.336 e. The van der Waals surface area contributed by atoms with Gasteiger partial charge in [-0.2, -0.15) is 0 Å². The lowest BCUT2D eigenvalue weighted by Gasteiger charge is -2.26. The van der Waals surface area contributed by atoms with Crippen LogP contribution in [0.1, 0.15) is 11.1 Å². The van der Waals surface area contributed by atoms with E-state index in [1.165, 1.54) is 30.3 Å². The van der Waals surface area contributed by atoms with Crippen molar-refractivity contribution in [2.45, 2.75) is 6.61 Å². The summed E-state index contributed by atoms with van der Waals surface area (Å²) in [6, 6.07) is 16.9. The maximum atomic E-state index is 14.2. The van der Waals surface area contributed by atoms with E-state index in [1.54, 1.807) is 42.5 Å². The Bertz CT molecular complexity index is 1260. The number of ether oxygens (including phenoxy) is 1. The molecule has 160 valence electrons. The molecule has 4 amide bonds. The monoisotopic (exact) mass is 434 g/mol. The lowest BCUT2D eigenvalue weighted by molar-refractivity contribution is -0.122. The SMILES string of the molecule is O=C1NC(=O)N(c2ccccc2F)C(=O)/C1=C/c1cccc(OCc2ccccc2F)c1. The van der Waals surface area contributed by atoms with Gasteiger partial charge in [-0.3, -0.25) is 14.9 Å². The van der Waals surface area contributed by atoms with E-state index >= 15 is 0 Å². The molecule has 8 heteroatoms. The molecular weight excluding hydrogens is 418 g/mol. The Morgan fingerprint density at radius 3 is 2.34 bits per heavy atom. The van der Waals surface area contributed by atoms with Crippen LogP contribution in [0.25, 0.3) is 6.08 Å². The largest absolute Gasteiger partial charge is 0.489 e. The minimum Gasteiger partial charge on any atom is -0.489 e. The summed E-state index contributed by atoms with van der Waals surface area (Å²) in [5.41, 5.74) is 0.184. The van der Waals surface area contributed by atoms with Crippen molar-refractivity contribution >= 4 is 29.6 Å². The Morgan fingerprint density at radius 1 is 0.875 bits per heavy atom. The van der Waals surface area contributed by atoms with Crippen molar-refractivity contribution in [1.29, 1.82) is 0 Å². The van der Waals surface area contributed by atoms with E-state index in [0.717, 1.165) is 6.07 Å². The number of imide groups is 2. The minimum atomic E-state index is -1.04. The van der Waals surface area contributed by atoms with E-state index in [-0.39, 0.29) is 17.9 Å². The number of barbiturate groups is 1. The molecule has 32 heavy (non-hydrogen) atoms. The molecule has 0 aromatic heterocycles. The van der Waals surface area contributed by atoms with Crippen molar-refractivity contribution in [2.75, 3.05) is 4.90 Å². The summed E-state index contributed by atoms with van der Waals surface area (Å²) in [7, 11) is 0. The first-order valence-corrected chi connectivity index (χ1v) is 9.56. The lowest BCUT2D eigenvalue weighted by atomic mass is 10.1. The number of anilines is 1. The smallest absolute Gasteiger partial charge is 0.336 e. The number of para-hydroxylation sites is 1. The number of hydrogen-bond donors (Lipinski definition) is 1. The van der Waals surface area contributed by atoms with E-state index in [0.29, 0.717) is 21.8 Å². The van der Waals surface area contributed by atoms with Crippen molar-refractivity contribution in [1.82, 2.24) is 5.32 Å². The standard InChI is InChI=1S/C24H16F2N2O4/c25-19-9-2-1-7-16(19)14-32-17-8-5-6-15(12-17)13-18-22(29)27-24(31)28(23(18)30)21-11-4-3-10-20(21)26/h1-13H,14H2,(H,27,29,31)/b18-13+. The van der Waals surface area contributed by atoms with Crippen LogP contribution in [0.3, 0.4) is 0 Å². The number of urea groups is 1. The number of carbonyl (C=O) groups is 3. The molecule has 6 nitrogen and oxygen atoms in total. The molecule has 3 aromatic rings. The molecule has 0 atom stereocenters. The van der Waals surface area contributed by atoms with Crippen LogP contribution in [0.4, 0.5) is 19.3 Å². The fourth-order valence-corrected chi connectivity index (χ4v) is 3.15. The molecule has 0 saturated carbocycles.